The molecule has 2 aromatic carbocycles. The van der Waals surface area contributed by atoms with Crippen LogP contribution in [0.15, 0.2) is 57.6 Å². The average molecular weight is 509 g/mol. The van der Waals surface area contributed by atoms with Crippen LogP contribution in [-0.4, -0.2) is 39.6 Å². The Morgan fingerprint density at radius 3 is 2.64 bits per heavy atom. The molecule has 9 nitrogen and oxygen atoms in total. The highest BCUT2D eigenvalue weighted by Crippen LogP contribution is 2.32. The number of carbonyl (C=O) groups is 4. The van der Waals surface area contributed by atoms with E-state index in [9.17, 15) is 19.2 Å². The first-order valence-electron chi connectivity index (χ1n) is 10.2. The lowest BCUT2D eigenvalue weighted by Gasteiger charge is -2.27. The minimum absolute atomic E-state index is 0.0705. The maximum absolute atomic E-state index is 13.1. The molecule has 2 aliphatic rings. The number of hydrogen-bond acceptors (Lipinski definition) is 7. The molecule has 1 saturated heterocycles. The number of rotatable bonds is 5. The largest absolute Gasteiger partial charge is 0.439 e. The van der Waals surface area contributed by atoms with E-state index in [0.29, 0.717) is 17.3 Å². The zero-order chi connectivity index (χ0) is 23.1. The molecule has 1 aromatic heterocycles. The van der Waals surface area contributed by atoms with E-state index in [1.807, 2.05) is 24.3 Å². The highest BCUT2D eigenvalue weighted by atomic mass is 79.9. The SMILES string of the molecule is O=C1CCC(N2C(=O)c3cccc(NCc4cnc(-c5ccc(Br)cc5)o4)c3C2=O)C(=O)N1. The molecule has 4 amide bonds. The average Bonchev–Trinajstić information content (AvgIpc) is 3.37. The van der Waals surface area contributed by atoms with E-state index in [1.165, 1.54) is 0 Å². The van der Waals surface area contributed by atoms with Gasteiger partial charge >= 0.3 is 0 Å². The van der Waals surface area contributed by atoms with Gasteiger partial charge in [-0.2, -0.15) is 0 Å². The predicted molar refractivity (Wildman–Crippen MR) is 120 cm³/mol. The van der Waals surface area contributed by atoms with Crippen molar-refractivity contribution in [2.45, 2.75) is 25.4 Å². The summed E-state index contributed by atoms with van der Waals surface area (Å²) >= 11 is 3.39. The number of imide groups is 2. The van der Waals surface area contributed by atoms with Crippen LogP contribution >= 0.6 is 15.9 Å². The zero-order valence-corrected chi connectivity index (χ0v) is 18.7. The molecule has 166 valence electrons. The third kappa shape index (κ3) is 3.82. The van der Waals surface area contributed by atoms with E-state index in [1.54, 1.807) is 24.4 Å². The Hall–Kier alpha value is -3.79. The van der Waals surface area contributed by atoms with E-state index in [2.05, 4.69) is 31.5 Å². The van der Waals surface area contributed by atoms with Crippen LogP contribution in [0.3, 0.4) is 0 Å². The molecule has 2 N–H and O–H groups in total. The van der Waals surface area contributed by atoms with Crippen LogP contribution in [0.25, 0.3) is 11.5 Å². The Morgan fingerprint density at radius 1 is 1.09 bits per heavy atom. The van der Waals surface area contributed by atoms with Crippen LogP contribution in [0.4, 0.5) is 5.69 Å². The molecule has 0 saturated carbocycles. The lowest BCUT2D eigenvalue weighted by Crippen LogP contribution is -2.54. The maximum Gasteiger partial charge on any atom is 0.264 e. The van der Waals surface area contributed by atoms with E-state index in [-0.39, 0.29) is 30.5 Å². The van der Waals surface area contributed by atoms with Gasteiger partial charge < -0.3 is 9.73 Å². The molecule has 5 rings (SSSR count). The number of carbonyl (C=O) groups excluding carboxylic acids is 4. The fourth-order valence-corrected chi connectivity index (χ4v) is 4.22. The molecule has 1 fully saturated rings. The minimum atomic E-state index is -1.01. The Labute approximate surface area is 196 Å². The summed E-state index contributed by atoms with van der Waals surface area (Å²) in [6, 6.07) is 11.4. The molecule has 33 heavy (non-hydrogen) atoms. The Morgan fingerprint density at radius 2 is 1.88 bits per heavy atom. The van der Waals surface area contributed by atoms with E-state index < -0.39 is 29.7 Å². The second-order valence-electron chi connectivity index (χ2n) is 7.67. The van der Waals surface area contributed by atoms with Gasteiger partial charge in [0.15, 0.2) is 0 Å². The van der Waals surface area contributed by atoms with Crippen LogP contribution in [0, 0.1) is 0 Å². The van der Waals surface area contributed by atoms with Gasteiger partial charge in [-0.1, -0.05) is 22.0 Å². The number of anilines is 1. The number of hydrogen-bond donors (Lipinski definition) is 2. The Balaban J connectivity index is 1.35. The topological polar surface area (TPSA) is 122 Å². The summed E-state index contributed by atoms with van der Waals surface area (Å²) in [5, 5.41) is 5.32. The maximum atomic E-state index is 13.1. The van der Waals surface area contributed by atoms with Crippen molar-refractivity contribution in [3.63, 3.8) is 0 Å². The van der Waals surface area contributed by atoms with Gasteiger partial charge in [-0.3, -0.25) is 29.4 Å². The van der Waals surface area contributed by atoms with Crippen molar-refractivity contribution >= 4 is 45.2 Å². The molecule has 0 aliphatic carbocycles. The minimum Gasteiger partial charge on any atom is -0.439 e. The van der Waals surface area contributed by atoms with Crippen LogP contribution in [0.1, 0.15) is 39.3 Å². The molecular weight excluding hydrogens is 492 g/mol. The monoisotopic (exact) mass is 508 g/mol. The Bertz CT molecular complexity index is 1300. The van der Waals surface area contributed by atoms with Gasteiger partial charge in [0.25, 0.3) is 11.8 Å². The lowest BCUT2D eigenvalue weighted by atomic mass is 10.0. The molecular formula is C23H17BrN4O5. The van der Waals surface area contributed by atoms with Gasteiger partial charge in [0.05, 0.1) is 23.9 Å². The standard InChI is InChI=1S/C23H17BrN4O5/c24-13-6-4-12(5-7-13)21-26-11-14(33-21)10-25-16-3-1-2-15-19(16)23(32)28(22(15)31)17-8-9-18(29)27-20(17)30/h1-7,11,17,25H,8-10H2,(H,27,29,30). The summed E-state index contributed by atoms with van der Waals surface area (Å²) in [6.45, 7) is 0.236. The molecule has 0 bridgehead atoms. The smallest absolute Gasteiger partial charge is 0.264 e. The highest BCUT2D eigenvalue weighted by Gasteiger charge is 2.45. The third-order valence-electron chi connectivity index (χ3n) is 5.57. The summed E-state index contributed by atoms with van der Waals surface area (Å²) < 4.78 is 6.75. The zero-order valence-electron chi connectivity index (χ0n) is 17.1. The van der Waals surface area contributed by atoms with E-state index in [0.717, 1.165) is 14.9 Å². The summed E-state index contributed by atoms with van der Waals surface area (Å²) in [6.07, 6.45) is 1.77. The number of piperidine rings is 1. The highest BCUT2D eigenvalue weighted by molar-refractivity contribution is 9.10. The van der Waals surface area contributed by atoms with Crippen molar-refractivity contribution in [2.24, 2.45) is 0 Å². The van der Waals surface area contributed by atoms with Crippen molar-refractivity contribution in [3.8, 4) is 11.5 Å². The second kappa shape index (κ2) is 8.28. The van der Waals surface area contributed by atoms with Gasteiger partial charge in [-0.15, -0.1) is 0 Å². The number of nitrogens with zero attached hydrogens (tertiary/aromatic N) is 2. The molecule has 1 unspecified atom stereocenters. The molecule has 3 heterocycles. The molecule has 3 aromatic rings. The number of amides is 4. The number of oxazole rings is 1. The fourth-order valence-electron chi connectivity index (χ4n) is 3.96. The van der Waals surface area contributed by atoms with Crippen LogP contribution in [0.5, 0.6) is 0 Å². The first-order valence-corrected chi connectivity index (χ1v) is 11.0. The third-order valence-corrected chi connectivity index (χ3v) is 6.09. The first-order chi connectivity index (χ1) is 15.9. The number of aromatic nitrogens is 1. The summed E-state index contributed by atoms with van der Waals surface area (Å²) in [7, 11) is 0. The van der Waals surface area contributed by atoms with Crippen molar-refractivity contribution in [2.75, 3.05) is 5.32 Å². The van der Waals surface area contributed by atoms with Gasteiger partial charge in [-0.05, 0) is 42.8 Å². The van der Waals surface area contributed by atoms with Crippen molar-refractivity contribution in [1.29, 1.82) is 0 Å². The summed E-state index contributed by atoms with van der Waals surface area (Å²) in [5.74, 6) is -1.16. The molecule has 10 heteroatoms. The van der Waals surface area contributed by atoms with Crippen molar-refractivity contribution in [1.82, 2.24) is 15.2 Å². The summed E-state index contributed by atoms with van der Waals surface area (Å²) in [4.78, 5) is 55.0. The predicted octanol–water partition coefficient (Wildman–Crippen LogP) is 3.12. The van der Waals surface area contributed by atoms with Gasteiger partial charge in [0.1, 0.15) is 11.8 Å². The Kier molecular flexibility index (Phi) is 5.29. The van der Waals surface area contributed by atoms with Crippen LogP contribution in [-0.2, 0) is 16.1 Å². The number of fused-ring (bicyclic) bond motifs is 1. The first kappa shape index (κ1) is 21.1. The number of halogens is 1. The molecule has 1 atom stereocenters. The summed E-state index contributed by atoms with van der Waals surface area (Å²) in [5.41, 5.74) is 1.68. The molecule has 2 aliphatic heterocycles. The number of nitrogens with one attached hydrogen (secondary N) is 2. The molecule has 0 spiro atoms. The quantitative estimate of drug-likeness (QED) is 0.507. The fraction of sp³-hybridized carbons (Fsp3) is 0.174. The van der Waals surface area contributed by atoms with Crippen LogP contribution < -0.4 is 10.6 Å². The van der Waals surface area contributed by atoms with Gasteiger partial charge in [-0.25, -0.2) is 4.98 Å². The van der Waals surface area contributed by atoms with Gasteiger partial charge in [0.2, 0.25) is 17.7 Å². The van der Waals surface area contributed by atoms with Gasteiger partial charge in [0, 0.05) is 22.1 Å². The van der Waals surface area contributed by atoms with Crippen molar-refractivity contribution < 1.29 is 23.6 Å². The van der Waals surface area contributed by atoms with E-state index >= 15 is 0 Å². The van der Waals surface area contributed by atoms with Crippen LogP contribution in [0.2, 0.25) is 0 Å². The van der Waals surface area contributed by atoms with Crippen molar-refractivity contribution in [3.05, 3.63) is 70.0 Å². The number of benzene rings is 2. The lowest BCUT2D eigenvalue weighted by molar-refractivity contribution is -0.136. The molecule has 0 radical (unpaired) electrons. The van der Waals surface area contributed by atoms with E-state index in [4.69, 9.17) is 4.42 Å². The second-order valence-corrected chi connectivity index (χ2v) is 8.58. The normalized spacial score (nSPS) is 17.8.